The van der Waals surface area contributed by atoms with Gasteiger partial charge in [0.05, 0.1) is 0 Å². The predicted molar refractivity (Wildman–Crippen MR) is 76.3 cm³/mol. The average Bonchev–Trinajstić information content (AvgIpc) is 2.55. The van der Waals surface area contributed by atoms with Gasteiger partial charge in [-0.15, -0.1) is 0 Å². The van der Waals surface area contributed by atoms with Crippen molar-refractivity contribution >= 4 is 12.0 Å². The van der Waals surface area contributed by atoms with Crippen molar-refractivity contribution < 1.29 is 14.3 Å². The van der Waals surface area contributed by atoms with E-state index in [0.717, 1.165) is 19.4 Å². The van der Waals surface area contributed by atoms with Crippen LogP contribution in [0, 0.1) is 5.41 Å². The Morgan fingerprint density at radius 2 is 2.00 bits per heavy atom. The molecule has 0 aromatic rings. The molecule has 2 aliphatic rings. The number of hydrogen-bond acceptors (Lipinski definition) is 3. The van der Waals surface area contributed by atoms with Crippen molar-refractivity contribution in [2.24, 2.45) is 5.41 Å². The summed E-state index contributed by atoms with van der Waals surface area (Å²) in [5, 5.41) is 2.93. The summed E-state index contributed by atoms with van der Waals surface area (Å²) in [7, 11) is 0. The molecule has 20 heavy (non-hydrogen) atoms. The fourth-order valence-corrected chi connectivity index (χ4v) is 3.46. The molecule has 0 aliphatic carbocycles. The van der Waals surface area contributed by atoms with Crippen LogP contribution in [0.4, 0.5) is 4.79 Å². The Bertz CT molecular complexity index is 425. The molecular weight excluding hydrogens is 256 g/mol. The molecule has 2 heterocycles. The number of carbonyl (C=O) groups is 2. The molecule has 1 unspecified atom stereocenters. The van der Waals surface area contributed by atoms with E-state index < -0.39 is 5.60 Å². The number of hydrogen-bond donors (Lipinski definition) is 1. The smallest absolute Gasteiger partial charge is 0.410 e. The number of piperidine rings is 1. The Morgan fingerprint density at radius 3 is 2.45 bits per heavy atom. The molecule has 0 bridgehead atoms. The topological polar surface area (TPSA) is 58.6 Å². The molecule has 5 heteroatoms. The molecule has 0 radical (unpaired) electrons. The van der Waals surface area contributed by atoms with Crippen LogP contribution in [0.5, 0.6) is 0 Å². The number of amides is 2. The first-order valence-corrected chi connectivity index (χ1v) is 7.30. The average molecular weight is 282 g/mol. The number of likely N-dealkylation sites (tertiary alicyclic amines) is 1. The minimum Gasteiger partial charge on any atom is -0.444 e. The van der Waals surface area contributed by atoms with E-state index in [1.54, 1.807) is 0 Å². The SMILES string of the molecule is CC(C)(C)OC(=O)N1CCC2(CNC(=O)C2)CC1(C)C. The van der Waals surface area contributed by atoms with Crippen LogP contribution in [0.3, 0.4) is 0 Å². The van der Waals surface area contributed by atoms with E-state index in [-0.39, 0.29) is 23.0 Å². The minimum absolute atomic E-state index is 0.0130. The Labute approximate surface area is 121 Å². The van der Waals surface area contributed by atoms with Gasteiger partial charge in [-0.05, 0) is 47.5 Å². The maximum Gasteiger partial charge on any atom is 0.410 e. The molecule has 0 aromatic carbocycles. The van der Waals surface area contributed by atoms with Gasteiger partial charge in [-0.25, -0.2) is 4.79 Å². The minimum atomic E-state index is -0.479. The van der Waals surface area contributed by atoms with E-state index in [0.29, 0.717) is 13.0 Å². The summed E-state index contributed by atoms with van der Waals surface area (Å²) in [6, 6.07) is 0. The van der Waals surface area contributed by atoms with E-state index in [9.17, 15) is 9.59 Å². The maximum atomic E-state index is 12.3. The van der Waals surface area contributed by atoms with Crippen molar-refractivity contribution in [3.8, 4) is 0 Å². The maximum absolute atomic E-state index is 12.3. The number of rotatable bonds is 0. The fraction of sp³-hybridized carbons (Fsp3) is 0.867. The summed E-state index contributed by atoms with van der Waals surface area (Å²) in [6.07, 6.45) is 2.01. The third-order valence-corrected chi connectivity index (χ3v) is 4.21. The molecule has 2 amide bonds. The normalized spacial score (nSPS) is 29.4. The summed E-state index contributed by atoms with van der Waals surface area (Å²) < 4.78 is 5.49. The summed E-state index contributed by atoms with van der Waals surface area (Å²) in [5.41, 5.74) is -0.751. The first-order chi connectivity index (χ1) is 9.03. The highest BCUT2D eigenvalue weighted by molar-refractivity contribution is 5.79. The molecular formula is C15H26N2O3. The quantitative estimate of drug-likeness (QED) is 0.741. The molecule has 0 saturated carbocycles. The second-order valence-corrected chi connectivity index (χ2v) is 7.82. The molecule has 1 N–H and O–H groups in total. The Kier molecular flexibility index (Phi) is 3.51. The predicted octanol–water partition coefficient (Wildman–Crippen LogP) is 2.30. The van der Waals surface area contributed by atoms with Crippen molar-refractivity contribution in [1.29, 1.82) is 0 Å². The van der Waals surface area contributed by atoms with E-state index in [1.165, 1.54) is 0 Å². The van der Waals surface area contributed by atoms with Crippen LogP contribution < -0.4 is 5.32 Å². The van der Waals surface area contributed by atoms with Crippen LogP contribution in [0.25, 0.3) is 0 Å². The van der Waals surface area contributed by atoms with Crippen molar-refractivity contribution in [1.82, 2.24) is 10.2 Å². The van der Waals surface area contributed by atoms with E-state index in [2.05, 4.69) is 19.2 Å². The van der Waals surface area contributed by atoms with Gasteiger partial charge in [0, 0.05) is 30.5 Å². The standard InChI is InChI=1S/C15H26N2O3/c1-13(2,3)20-12(19)17-7-6-15(9-14(17,4)5)8-11(18)16-10-15/h6-10H2,1-5H3,(H,16,18). The van der Waals surface area contributed by atoms with Gasteiger partial charge in [0.1, 0.15) is 5.60 Å². The van der Waals surface area contributed by atoms with Gasteiger partial charge >= 0.3 is 6.09 Å². The molecule has 2 saturated heterocycles. The zero-order valence-corrected chi connectivity index (χ0v) is 13.2. The van der Waals surface area contributed by atoms with Crippen molar-refractivity contribution in [2.75, 3.05) is 13.1 Å². The van der Waals surface area contributed by atoms with E-state index in [1.807, 2.05) is 25.7 Å². The zero-order chi connectivity index (χ0) is 15.2. The largest absolute Gasteiger partial charge is 0.444 e. The van der Waals surface area contributed by atoms with Gasteiger partial charge in [-0.1, -0.05) is 0 Å². The first-order valence-electron chi connectivity index (χ1n) is 7.30. The lowest BCUT2D eigenvalue weighted by atomic mass is 9.70. The third kappa shape index (κ3) is 3.07. The highest BCUT2D eigenvalue weighted by atomic mass is 16.6. The lowest BCUT2D eigenvalue weighted by Crippen LogP contribution is -2.57. The van der Waals surface area contributed by atoms with Crippen molar-refractivity contribution in [2.45, 2.75) is 65.0 Å². The summed E-state index contributed by atoms with van der Waals surface area (Å²) in [5.74, 6) is 0.131. The summed E-state index contributed by atoms with van der Waals surface area (Å²) >= 11 is 0. The summed E-state index contributed by atoms with van der Waals surface area (Å²) in [6.45, 7) is 11.1. The van der Waals surface area contributed by atoms with Gasteiger partial charge in [-0.2, -0.15) is 0 Å². The van der Waals surface area contributed by atoms with Crippen LogP contribution in [-0.4, -0.2) is 41.1 Å². The Morgan fingerprint density at radius 1 is 1.35 bits per heavy atom. The van der Waals surface area contributed by atoms with Crippen LogP contribution in [0.15, 0.2) is 0 Å². The molecule has 2 aliphatic heterocycles. The third-order valence-electron chi connectivity index (χ3n) is 4.21. The van der Waals surface area contributed by atoms with E-state index in [4.69, 9.17) is 4.74 Å². The molecule has 2 rings (SSSR count). The van der Waals surface area contributed by atoms with Gasteiger partial charge < -0.3 is 15.0 Å². The van der Waals surface area contributed by atoms with Crippen molar-refractivity contribution in [3.63, 3.8) is 0 Å². The summed E-state index contributed by atoms with van der Waals surface area (Å²) in [4.78, 5) is 25.6. The van der Waals surface area contributed by atoms with Crippen LogP contribution >= 0.6 is 0 Å². The van der Waals surface area contributed by atoms with Crippen LogP contribution in [-0.2, 0) is 9.53 Å². The highest BCUT2D eigenvalue weighted by Crippen LogP contribution is 2.44. The molecule has 5 nitrogen and oxygen atoms in total. The molecule has 1 atom stereocenters. The van der Waals surface area contributed by atoms with Gasteiger partial charge in [-0.3, -0.25) is 4.79 Å². The van der Waals surface area contributed by atoms with Crippen LogP contribution in [0.1, 0.15) is 53.9 Å². The fourth-order valence-electron chi connectivity index (χ4n) is 3.46. The number of nitrogens with one attached hydrogen (secondary N) is 1. The molecule has 2 fully saturated rings. The Balaban J connectivity index is 2.08. The molecule has 1 spiro atoms. The van der Waals surface area contributed by atoms with Crippen molar-refractivity contribution in [3.05, 3.63) is 0 Å². The van der Waals surface area contributed by atoms with E-state index >= 15 is 0 Å². The lowest BCUT2D eigenvalue weighted by molar-refractivity contribution is -0.120. The first kappa shape index (κ1) is 15.1. The lowest BCUT2D eigenvalue weighted by Gasteiger charge is -2.49. The highest BCUT2D eigenvalue weighted by Gasteiger charge is 2.49. The Hall–Kier alpha value is -1.26. The second-order valence-electron chi connectivity index (χ2n) is 7.82. The number of carbonyl (C=O) groups excluding carboxylic acids is 2. The number of ether oxygens (including phenoxy) is 1. The van der Waals surface area contributed by atoms with Gasteiger partial charge in [0.15, 0.2) is 0 Å². The van der Waals surface area contributed by atoms with Gasteiger partial charge in [0.25, 0.3) is 0 Å². The second kappa shape index (κ2) is 4.64. The molecule has 114 valence electrons. The zero-order valence-electron chi connectivity index (χ0n) is 13.2. The monoisotopic (exact) mass is 282 g/mol. The van der Waals surface area contributed by atoms with Gasteiger partial charge in [0.2, 0.25) is 5.91 Å². The van der Waals surface area contributed by atoms with Crippen LogP contribution in [0.2, 0.25) is 0 Å². The molecule has 0 aromatic heterocycles. The number of nitrogens with zero attached hydrogens (tertiary/aromatic N) is 1.